The molecule has 3 rings (SSSR count). The molecule has 1 aromatic heterocycles. The van der Waals surface area contributed by atoms with Gasteiger partial charge in [-0.1, -0.05) is 0 Å². The summed E-state index contributed by atoms with van der Waals surface area (Å²) in [7, 11) is 3.86. The average Bonchev–Trinajstić information content (AvgIpc) is 2.89. The van der Waals surface area contributed by atoms with Crippen LogP contribution >= 0.6 is 0 Å². The van der Waals surface area contributed by atoms with Crippen molar-refractivity contribution in [3.8, 4) is 28.6 Å². The SMILES string of the molecule is COc1c(CO)c(CO)cc(-c2oc3c(CO)c(OC)c(CO)c(CO)c3c(=O)c2OC)c1CO. The zero-order valence-electron chi connectivity index (χ0n) is 19.5. The number of hydrogen-bond acceptors (Lipinski definition) is 11. The highest BCUT2D eigenvalue weighted by Crippen LogP contribution is 2.43. The van der Waals surface area contributed by atoms with E-state index in [-0.39, 0.29) is 72.9 Å². The van der Waals surface area contributed by atoms with E-state index in [1.807, 2.05) is 0 Å². The van der Waals surface area contributed by atoms with Crippen LogP contribution in [0.15, 0.2) is 15.3 Å². The number of ether oxygens (including phenoxy) is 3. The molecule has 6 N–H and O–H groups in total. The molecule has 0 bridgehead atoms. The van der Waals surface area contributed by atoms with Crippen LogP contribution in [0.4, 0.5) is 0 Å². The Morgan fingerprint density at radius 2 is 1.17 bits per heavy atom. The summed E-state index contributed by atoms with van der Waals surface area (Å²) in [6, 6.07) is 1.43. The molecule has 0 spiro atoms. The van der Waals surface area contributed by atoms with Gasteiger partial charge < -0.3 is 49.3 Å². The molecule has 35 heavy (non-hydrogen) atoms. The fourth-order valence-corrected chi connectivity index (χ4v) is 4.39. The van der Waals surface area contributed by atoms with Crippen LogP contribution in [0.2, 0.25) is 0 Å². The number of rotatable bonds is 10. The van der Waals surface area contributed by atoms with E-state index in [1.54, 1.807) is 0 Å². The molecule has 0 amide bonds. The van der Waals surface area contributed by atoms with Gasteiger partial charge in [-0.05, 0) is 11.6 Å². The van der Waals surface area contributed by atoms with Crippen LogP contribution in [0.5, 0.6) is 17.2 Å². The van der Waals surface area contributed by atoms with Crippen LogP contribution in [0, 0.1) is 0 Å². The molecule has 0 atom stereocenters. The molecular formula is C24H28O11. The summed E-state index contributed by atoms with van der Waals surface area (Å²) in [4.78, 5) is 13.6. The maximum atomic E-state index is 13.6. The smallest absolute Gasteiger partial charge is 0.235 e. The molecule has 0 aliphatic rings. The summed E-state index contributed by atoms with van der Waals surface area (Å²) in [6.07, 6.45) is 0. The first kappa shape index (κ1) is 26.4. The Morgan fingerprint density at radius 1 is 0.657 bits per heavy atom. The van der Waals surface area contributed by atoms with Crippen molar-refractivity contribution in [3.05, 3.63) is 49.7 Å². The fourth-order valence-electron chi connectivity index (χ4n) is 4.39. The zero-order chi connectivity index (χ0) is 25.9. The topological polar surface area (TPSA) is 179 Å². The van der Waals surface area contributed by atoms with Crippen molar-refractivity contribution in [2.24, 2.45) is 0 Å². The van der Waals surface area contributed by atoms with Crippen molar-refractivity contribution in [1.82, 2.24) is 0 Å². The maximum absolute atomic E-state index is 13.6. The van der Waals surface area contributed by atoms with Gasteiger partial charge in [-0.2, -0.15) is 0 Å². The second-order valence-corrected chi connectivity index (χ2v) is 7.49. The Bertz CT molecular complexity index is 1290. The van der Waals surface area contributed by atoms with Crippen molar-refractivity contribution in [2.75, 3.05) is 21.3 Å². The van der Waals surface area contributed by atoms with Gasteiger partial charge in [0.05, 0.1) is 71.9 Å². The first-order chi connectivity index (χ1) is 16.9. The summed E-state index contributed by atoms with van der Waals surface area (Å²) >= 11 is 0. The van der Waals surface area contributed by atoms with E-state index < -0.39 is 45.1 Å². The van der Waals surface area contributed by atoms with Crippen LogP contribution < -0.4 is 19.6 Å². The highest BCUT2D eigenvalue weighted by Gasteiger charge is 2.29. The standard InChI is InChI=1S/C24H28O11/c1-32-20-13(6-26)11(5-25)4-12(15(20)8-28)23-24(34-3)19(31)18-14(7-27)16(9-29)21(33-2)17(10-30)22(18)35-23/h4,25-30H,5-10H2,1-3H3. The average molecular weight is 492 g/mol. The highest BCUT2D eigenvalue weighted by molar-refractivity contribution is 5.91. The lowest BCUT2D eigenvalue weighted by molar-refractivity contribution is 0.247. The summed E-state index contributed by atoms with van der Waals surface area (Å²) in [5.74, 6) is -0.308. The maximum Gasteiger partial charge on any atom is 0.235 e. The normalized spacial score (nSPS) is 11.2. The lowest BCUT2D eigenvalue weighted by atomic mass is 9.93. The van der Waals surface area contributed by atoms with Crippen molar-refractivity contribution >= 4 is 11.0 Å². The predicted molar refractivity (Wildman–Crippen MR) is 123 cm³/mol. The molecule has 0 fully saturated rings. The van der Waals surface area contributed by atoms with Crippen molar-refractivity contribution in [2.45, 2.75) is 39.6 Å². The molecule has 0 radical (unpaired) electrons. The first-order valence-electron chi connectivity index (χ1n) is 10.5. The third kappa shape index (κ3) is 4.12. The Balaban J connectivity index is 2.62. The number of hydrogen-bond donors (Lipinski definition) is 6. The zero-order valence-corrected chi connectivity index (χ0v) is 19.5. The Labute approximate surface area is 200 Å². The summed E-state index contributed by atoms with van der Waals surface area (Å²) < 4.78 is 22.2. The number of aliphatic hydroxyl groups excluding tert-OH is 6. The minimum Gasteiger partial charge on any atom is -0.496 e. The lowest BCUT2D eigenvalue weighted by Gasteiger charge is -2.21. The van der Waals surface area contributed by atoms with Crippen LogP contribution in [0.25, 0.3) is 22.3 Å². The van der Waals surface area contributed by atoms with E-state index in [4.69, 9.17) is 18.6 Å². The van der Waals surface area contributed by atoms with Crippen LogP contribution in [-0.4, -0.2) is 52.0 Å². The highest BCUT2D eigenvalue weighted by atomic mass is 16.5. The van der Waals surface area contributed by atoms with Gasteiger partial charge in [-0.3, -0.25) is 4.79 Å². The van der Waals surface area contributed by atoms with Crippen LogP contribution in [-0.2, 0) is 39.6 Å². The summed E-state index contributed by atoms with van der Waals surface area (Å²) in [6.45, 7) is -3.41. The lowest BCUT2D eigenvalue weighted by Crippen LogP contribution is -2.15. The van der Waals surface area contributed by atoms with Gasteiger partial charge in [0, 0.05) is 27.8 Å². The molecule has 0 saturated carbocycles. The van der Waals surface area contributed by atoms with Gasteiger partial charge in [0.15, 0.2) is 5.76 Å². The van der Waals surface area contributed by atoms with Gasteiger partial charge in [0.1, 0.15) is 17.1 Å². The molecule has 3 aromatic rings. The minimum absolute atomic E-state index is 0.0393. The predicted octanol–water partition coefficient (Wildman–Crippen LogP) is 0.440. The molecule has 0 aliphatic carbocycles. The third-order valence-electron chi connectivity index (χ3n) is 5.96. The number of benzene rings is 2. The van der Waals surface area contributed by atoms with E-state index in [1.165, 1.54) is 27.4 Å². The second kappa shape index (κ2) is 11.0. The fraction of sp³-hybridized carbons (Fsp3) is 0.375. The van der Waals surface area contributed by atoms with E-state index in [0.717, 1.165) is 0 Å². The van der Waals surface area contributed by atoms with Crippen LogP contribution in [0.3, 0.4) is 0 Å². The second-order valence-electron chi connectivity index (χ2n) is 7.49. The van der Waals surface area contributed by atoms with E-state index in [0.29, 0.717) is 0 Å². The molecular weight excluding hydrogens is 464 g/mol. The van der Waals surface area contributed by atoms with E-state index >= 15 is 0 Å². The summed E-state index contributed by atoms with van der Waals surface area (Å²) in [5, 5.41) is 59.8. The molecule has 11 nitrogen and oxygen atoms in total. The van der Waals surface area contributed by atoms with Crippen molar-refractivity contribution < 1.29 is 49.3 Å². The van der Waals surface area contributed by atoms with Gasteiger partial charge >= 0.3 is 0 Å². The number of methoxy groups -OCH3 is 3. The largest absolute Gasteiger partial charge is 0.496 e. The molecule has 0 aliphatic heterocycles. The molecule has 1 heterocycles. The molecule has 0 saturated heterocycles. The monoisotopic (exact) mass is 492 g/mol. The van der Waals surface area contributed by atoms with Gasteiger partial charge in [-0.25, -0.2) is 0 Å². The Hall–Kier alpha value is -3.19. The third-order valence-corrected chi connectivity index (χ3v) is 5.96. The summed E-state index contributed by atoms with van der Waals surface area (Å²) in [5.41, 5.74) is 0.179. The van der Waals surface area contributed by atoms with Crippen molar-refractivity contribution in [1.29, 1.82) is 0 Å². The Kier molecular flexibility index (Phi) is 8.33. The molecule has 0 unspecified atom stereocenters. The Morgan fingerprint density at radius 3 is 1.63 bits per heavy atom. The van der Waals surface area contributed by atoms with Crippen LogP contribution in [0.1, 0.15) is 33.4 Å². The van der Waals surface area contributed by atoms with Gasteiger partial charge in [-0.15, -0.1) is 0 Å². The first-order valence-corrected chi connectivity index (χ1v) is 10.5. The quantitative estimate of drug-likeness (QED) is 0.231. The molecule has 190 valence electrons. The van der Waals surface area contributed by atoms with E-state index in [2.05, 4.69) is 0 Å². The number of fused-ring (bicyclic) bond motifs is 1. The van der Waals surface area contributed by atoms with Gasteiger partial charge in [0.2, 0.25) is 11.2 Å². The van der Waals surface area contributed by atoms with Gasteiger partial charge in [0.25, 0.3) is 0 Å². The molecule has 2 aromatic carbocycles. The van der Waals surface area contributed by atoms with Crippen molar-refractivity contribution in [3.63, 3.8) is 0 Å². The molecule has 11 heteroatoms. The van der Waals surface area contributed by atoms with E-state index in [9.17, 15) is 35.4 Å². The number of aliphatic hydroxyl groups is 6. The minimum atomic E-state index is -0.709.